The number of rotatable bonds is 6. The van der Waals surface area contributed by atoms with E-state index in [-0.39, 0.29) is 5.56 Å². The van der Waals surface area contributed by atoms with E-state index in [1.165, 1.54) is 6.21 Å². The summed E-state index contributed by atoms with van der Waals surface area (Å²) in [5.74, 6) is 0.194. The highest BCUT2D eigenvalue weighted by Gasteiger charge is 2.13. The third kappa shape index (κ3) is 4.18. The van der Waals surface area contributed by atoms with Crippen LogP contribution in [0.4, 0.5) is 0 Å². The summed E-state index contributed by atoms with van der Waals surface area (Å²) < 4.78 is 1.05. The molecule has 1 heterocycles. The maximum Gasteiger partial charge on any atom is 0.335 e. The standard InChI is InChI=1S/C17H21N3O3/c1-12(2)7-6-10-18-11-14-15(21)19-17(23)20(16(14)22)13-8-4-3-5-9-13/h3-5,8-9,11-12,22H,6-7,10H2,1-2H3,(H,19,21,23). The maximum absolute atomic E-state index is 12.0. The van der Waals surface area contributed by atoms with Crippen LogP contribution in [0.1, 0.15) is 32.3 Å². The molecule has 6 nitrogen and oxygen atoms in total. The van der Waals surface area contributed by atoms with E-state index in [1.54, 1.807) is 30.3 Å². The number of nitrogens with one attached hydrogen (secondary N) is 1. The van der Waals surface area contributed by atoms with Crippen molar-refractivity contribution in [2.75, 3.05) is 6.54 Å². The van der Waals surface area contributed by atoms with Crippen LogP contribution in [0.2, 0.25) is 0 Å². The lowest BCUT2D eigenvalue weighted by Crippen LogP contribution is -2.31. The molecule has 2 aromatic rings. The average Bonchev–Trinajstić information content (AvgIpc) is 2.50. The zero-order valence-electron chi connectivity index (χ0n) is 13.3. The molecule has 0 atom stereocenters. The summed E-state index contributed by atoms with van der Waals surface area (Å²) in [7, 11) is 0. The lowest BCUT2D eigenvalue weighted by atomic mass is 10.1. The molecule has 6 heteroatoms. The van der Waals surface area contributed by atoms with E-state index in [0.717, 1.165) is 17.4 Å². The Morgan fingerprint density at radius 3 is 2.61 bits per heavy atom. The quantitative estimate of drug-likeness (QED) is 0.632. The van der Waals surface area contributed by atoms with Crippen molar-refractivity contribution >= 4 is 6.21 Å². The number of H-pyrrole nitrogens is 1. The molecule has 0 aliphatic carbocycles. The van der Waals surface area contributed by atoms with Gasteiger partial charge in [-0.15, -0.1) is 0 Å². The number of aliphatic imine (C=N–C) groups is 1. The van der Waals surface area contributed by atoms with Crippen molar-refractivity contribution in [2.45, 2.75) is 26.7 Å². The summed E-state index contributed by atoms with van der Waals surface area (Å²) in [5.41, 5.74) is -0.873. The topological polar surface area (TPSA) is 87.4 Å². The van der Waals surface area contributed by atoms with Crippen molar-refractivity contribution in [3.8, 4) is 11.6 Å². The second kappa shape index (κ2) is 7.58. The fourth-order valence-electron chi connectivity index (χ4n) is 2.22. The molecule has 0 saturated carbocycles. The molecular weight excluding hydrogens is 294 g/mol. The third-order valence-electron chi connectivity index (χ3n) is 3.42. The van der Waals surface area contributed by atoms with Gasteiger partial charge in [-0.05, 0) is 30.9 Å². The molecule has 0 fully saturated rings. The molecule has 0 unspecified atom stereocenters. The van der Waals surface area contributed by atoms with Gasteiger partial charge in [-0.2, -0.15) is 0 Å². The van der Waals surface area contributed by atoms with Gasteiger partial charge in [-0.3, -0.25) is 14.8 Å². The van der Waals surface area contributed by atoms with Crippen molar-refractivity contribution in [3.05, 3.63) is 56.7 Å². The number of para-hydroxylation sites is 1. The minimum atomic E-state index is -0.685. The van der Waals surface area contributed by atoms with Gasteiger partial charge < -0.3 is 5.11 Å². The number of hydrogen-bond donors (Lipinski definition) is 2. The van der Waals surface area contributed by atoms with Gasteiger partial charge in [-0.25, -0.2) is 9.36 Å². The summed E-state index contributed by atoms with van der Waals surface area (Å²) >= 11 is 0. The van der Waals surface area contributed by atoms with E-state index in [1.807, 2.05) is 0 Å². The normalized spacial score (nSPS) is 11.4. The predicted octanol–water partition coefficient (Wildman–Crippen LogP) is 2.09. The summed E-state index contributed by atoms with van der Waals surface area (Å²) in [6.07, 6.45) is 3.28. The molecule has 0 spiro atoms. The van der Waals surface area contributed by atoms with Gasteiger partial charge in [0.25, 0.3) is 5.56 Å². The van der Waals surface area contributed by atoms with E-state index in [9.17, 15) is 14.7 Å². The van der Waals surface area contributed by atoms with Crippen LogP contribution in [0, 0.1) is 5.92 Å². The number of aromatic hydroxyl groups is 1. The first-order valence-electron chi connectivity index (χ1n) is 7.64. The molecule has 0 aliphatic heterocycles. The molecule has 2 rings (SSSR count). The smallest absolute Gasteiger partial charge is 0.335 e. The molecule has 0 amide bonds. The third-order valence-corrected chi connectivity index (χ3v) is 3.42. The van der Waals surface area contributed by atoms with Gasteiger partial charge in [0.15, 0.2) is 0 Å². The minimum Gasteiger partial charge on any atom is -0.493 e. The average molecular weight is 315 g/mol. The summed E-state index contributed by atoms with van der Waals surface area (Å²) in [6, 6.07) is 8.62. The molecule has 0 saturated heterocycles. The van der Waals surface area contributed by atoms with E-state index in [0.29, 0.717) is 18.2 Å². The van der Waals surface area contributed by atoms with Crippen molar-refractivity contribution in [1.82, 2.24) is 9.55 Å². The Morgan fingerprint density at radius 2 is 1.96 bits per heavy atom. The molecule has 23 heavy (non-hydrogen) atoms. The second-order valence-corrected chi connectivity index (χ2v) is 5.74. The highest BCUT2D eigenvalue weighted by Crippen LogP contribution is 2.14. The van der Waals surface area contributed by atoms with Crippen LogP contribution in [-0.4, -0.2) is 27.4 Å². The number of aromatic nitrogens is 2. The Morgan fingerprint density at radius 1 is 1.26 bits per heavy atom. The minimum absolute atomic E-state index is 0.0157. The lowest BCUT2D eigenvalue weighted by Gasteiger charge is -2.09. The van der Waals surface area contributed by atoms with Gasteiger partial charge >= 0.3 is 5.69 Å². The highest BCUT2D eigenvalue weighted by molar-refractivity contribution is 5.82. The van der Waals surface area contributed by atoms with Gasteiger partial charge in [0, 0.05) is 12.8 Å². The van der Waals surface area contributed by atoms with Crippen LogP contribution in [-0.2, 0) is 0 Å². The van der Waals surface area contributed by atoms with Crippen molar-refractivity contribution in [3.63, 3.8) is 0 Å². The number of benzene rings is 1. The Bertz CT molecular complexity index is 789. The number of nitrogens with zero attached hydrogens (tertiary/aromatic N) is 2. The largest absolute Gasteiger partial charge is 0.493 e. The van der Waals surface area contributed by atoms with Crippen LogP contribution in [0.3, 0.4) is 0 Å². The summed E-state index contributed by atoms with van der Waals surface area (Å²) in [5, 5.41) is 10.3. The van der Waals surface area contributed by atoms with Crippen molar-refractivity contribution in [1.29, 1.82) is 0 Å². The first kappa shape index (κ1) is 16.7. The molecular formula is C17H21N3O3. The fraction of sp³-hybridized carbons (Fsp3) is 0.353. The van der Waals surface area contributed by atoms with Crippen LogP contribution >= 0.6 is 0 Å². The SMILES string of the molecule is CC(C)CCCN=Cc1c(O)n(-c2ccccc2)c(=O)[nH]c1=O. The van der Waals surface area contributed by atoms with E-state index in [2.05, 4.69) is 23.8 Å². The molecule has 0 bridgehead atoms. The van der Waals surface area contributed by atoms with Gasteiger partial charge in [0.1, 0.15) is 5.56 Å². The Kier molecular flexibility index (Phi) is 5.51. The van der Waals surface area contributed by atoms with Crippen molar-refractivity contribution < 1.29 is 5.11 Å². The molecule has 122 valence electrons. The monoisotopic (exact) mass is 315 g/mol. The van der Waals surface area contributed by atoms with Crippen LogP contribution in [0.15, 0.2) is 44.9 Å². The molecule has 1 aromatic carbocycles. The Hall–Kier alpha value is -2.63. The molecule has 1 aromatic heterocycles. The van der Waals surface area contributed by atoms with Gasteiger partial charge in [0.2, 0.25) is 5.88 Å². The predicted molar refractivity (Wildman–Crippen MR) is 90.9 cm³/mol. The van der Waals surface area contributed by atoms with E-state index >= 15 is 0 Å². The van der Waals surface area contributed by atoms with E-state index < -0.39 is 17.1 Å². The molecule has 2 N–H and O–H groups in total. The lowest BCUT2D eigenvalue weighted by molar-refractivity contribution is 0.430. The molecule has 0 aliphatic rings. The second-order valence-electron chi connectivity index (χ2n) is 5.74. The van der Waals surface area contributed by atoms with Crippen LogP contribution in [0.25, 0.3) is 5.69 Å². The van der Waals surface area contributed by atoms with E-state index in [4.69, 9.17) is 0 Å². The zero-order chi connectivity index (χ0) is 16.8. The maximum atomic E-state index is 12.0. The highest BCUT2D eigenvalue weighted by atomic mass is 16.3. The summed E-state index contributed by atoms with van der Waals surface area (Å²) in [6.45, 7) is 4.84. The Balaban J connectivity index is 2.33. The first-order valence-corrected chi connectivity index (χ1v) is 7.64. The Labute approximate surface area is 134 Å². The van der Waals surface area contributed by atoms with Crippen LogP contribution in [0.5, 0.6) is 5.88 Å². The zero-order valence-corrected chi connectivity index (χ0v) is 13.3. The van der Waals surface area contributed by atoms with Crippen molar-refractivity contribution in [2.24, 2.45) is 10.9 Å². The van der Waals surface area contributed by atoms with Gasteiger partial charge in [-0.1, -0.05) is 32.0 Å². The van der Waals surface area contributed by atoms with Gasteiger partial charge in [0.05, 0.1) is 5.69 Å². The molecule has 0 radical (unpaired) electrons. The first-order chi connectivity index (χ1) is 11.0. The number of hydrogen-bond acceptors (Lipinski definition) is 4. The van der Waals surface area contributed by atoms with Crippen LogP contribution < -0.4 is 11.2 Å². The number of aromatic amines is 1. The summed E-state index contributed by atoms with van der Waals surface area (Å²) in [4.78, 5) is 30.2. The fourth-order valence-corrected chi connectivity index (χ4v) is 2.22.